The maximum absolute atomic E-state index is 12.3. The van der Waals surface area contributed by atoms with Crippen LogP contribution in [0, 0.1) is 0 Å². The summed E-state index contributed by atoms with van der Waals surface area (Å²) in [5.41, 5.74) is 0.862. The second kappa shape index (κ2) is 8.82. The molecule has 1 saturated heterocycles. The van der Waals surface area contributed by atoms with Crippen LogP contribution in [-0.4, -0.2) is 85.0 Å². The number of amidine groups is 1. The molecule has 0 atom stereocenters. The number of urea groups is 1. The summed E-state index contributed by atoms with van der Waals surface area (Å²) < 4.78 is 0. The topological polar surface area (TPSA) is 68.6 Å². The third-order valence-electron chi connectivity index (χ3n) is 4.71. The highest BCUT2D eigenvalue weighted by Gasteiger charge is 2.32. The lowest BCUT2D eigenvalue weighted by Crippen LogP contribution is -2.44. The highest BCUT2D eigenvalue weighted by Crippen LogP contribution is 2.10. The molecule has 3 rings (SSSR count). The van der Waals surface area contributed by atoms with Gasteiger partial charge in [0.25, 0.3) is 5.91 Å². The summed E-state index contributed by atoms with van der Waals surface area (Å²) >= 11 is 0. The van der Waals surface area contributed by atoms with E-state index in [-0.39, 0.29) is 5.84 Å². The molecule has 0 radical (unpaired) electrons. The van der Waals surface area contributed by atoms with Crippen molar-refractivity contribution in [2.45, 2.75) is 12.8 Å². The Morgan fingerprint density at radius 1 is 1.04 bits per heavy atom. The fourth-order valence-corrected chi connectivity index (χ4v) is 3.04. The molecule has 0 aromatic heterocycles. The highest BCUT2D eigenvalue weighted by molar-refractivity contribution is 6.46. The van der Waals surface area contributed by atoms with E-state index in [4.69, 9.17) is 0 Å². The van der Waals surface area contributed by atoms with Crippen LogP contribution in [0.4, 0.5) is 4.79 Å². The summed E-state index contributed by atoms with van der Waals surface area (Å²) in [5.74, 6) is -0.431. The van der Waals surface area contributed by atoms with Crippen LogP contribution < -0.4 is 0 Å². The molecule has 26 heavy (non-hydrogen) atoms. The van der Waals surface area contributed by atoms with Gasteiger partial charge in [-0.15, -0.1) is 0 Å². The first-order valence-corrected chi connectivity index (χ1v) is 9.08. The Labute approximate surface area is 154 Å². The zero-order valence-corrected chi connectivity index (χ0v) is 15.2. The zero-order valence-electron chi connectivity index (χ0n) is 15.2. The number of amides is 3. The van der Waals surface area contributed by atoms with Crippen molar-refractivity contribution < 1.29 is 9.59 Å². The van der Waals surface area contributed by atoms with Crippen LogP contribution in [0.1, 0.15) is 18.4 Å². The first-order valence-electron chi connectivity index (χ1n) is 9.08. The molecule has 0 N–H and O–H groups in total. The molecule has 7 heteroatoms. The predicted molar refractivity (Wildman–Crippen MR) is 102 cm³/mol. The van der Waals surface area contributed by atoms with E-state index in [1.54, 1.807) is 6.21 Å². The number of unbranched alkanes of at least 4 members (excludes halogenated alkanes) is 1. The van der Waals surface area contributed by atoms with E-state index < -0.39 is 11.9 Å². The van der Waals surface area contributed by atoms with Gasteiger partial charge in [0.05, 0.1) is 0 Å². The number of benzene rings is 1. The number of nitrogens with zero attached hydrogens (tertiary/aromatic N) is 5. The van der Waals surface area contributed by atoms with E-state index in [0.29, 0.717) is 6.54 Å². The van der Waals surface area contributed by atoms with E-state index in [2.05, 4.69) is 26.8 Å². The van der Waals surface area contributed by atoms with Crippen LogP contribution in [0.15, 0.2) is 40.3 Å². The SMILES string of the molecule is CN1CCN(CCCCN2C(=O)N=C(N=Cc3ccccc3)C2=O)CC1. The Bertz CT molecular complexity index is 693. The Morgan fingerprint density at radius 2 is 1.73 bits per heavy atom. The van der Waals surface area contributed by atoms with E-state index in [9.17, 15) is 9.59 Å². The van der Waals surface area contributed by atoms with E-state index >= 15 is 0 Å². The molecule has 1 aromatic rings. The van der Waals surface area contributed by atoms with Gasteiger partial charge in [0.15, 0.2) is 0 Å². The molecule has 2 heterocycles. The lowest BCUT2D eigenvalue weighted by Gasteiger charge is -2.32. The minimum Gasteiger partial charge on any atom is -0.304 e. The van der Waals surface area contributed by atoms with Crippen molar-refractivity contribution in [1.82, 2.24) is 14.7 Å². The molecule has 0 unspecified atom stereocenters. The van der Waals surface area contributed by atoms with Crippen molar-refractivity contribution in [2.24, 2.45) is 9.98 Å². The molecular formula is C19H25N5O2. The lowest BCUT2D eigenvalue weighted by atomic mass is 10.2. The van der Waals surface area contributed by atoms with Gasteiger partial charge in [-0.25, -0.2) is 9.79 Å². The van der Waals surface area contributed by atoms with Crippen molar-refractivity contribution in [3.05, 3.63) is 35.9 Å². The third kappa shape index (κ3) is 4.83. The second-order valence-corrected chi connectivity index (χ2v) is 6.70. The number of carbonyl (C=O) groups excluding carboxylic acids is 2. The number of rotatable bonds is 6. The molecule has 3 amide bonds. The molecule has 1 aromatic carbocycles. The van der Waals surface area contributed by atoms with Gasteiger partial charge in [-0.3, -0.25) is 9.69 Å². The fourth-order valence-electron chi connectivity index (χ4n) is 3.04. The molecule has 2 aliphatic heterocycles. The molecule has 7 nitrogen and oxygen atoms in total. The average Bonchev–Trinajstić information content (AvgIpc) is 2.93. The van der Waals surface area contributed by atoms with Crippen molar-refractivity contribution in [3.63, 3.8) is 0 Å². The number of carbonyl (C=O) groups is 2. The summed E-state index contributed by atoms with van der Waals surface area (Å²) in [6.07, 6.45) is 3.30. The summed E-state index contributed by atoms with van der Waals surface area (Å²) in [4.78, 5) is 38.1. The van der Waals surface area contributed by atoms with Crippen molar-refractivity contribution in [2.75, 3.05) is 46.3 Å². The molecule has 1 fully saturated rings. The number of imide groups is 1. The number of hydrogen-bond acceptors (Lipinski definition) is 5. The van der Waals surface area contributed by atoms with Gasteiger partial charge >= 0.3 is 6.03 Å². The lowest BCUT2D eigenvalue weighted by molar-refractivity contribution is -0.120. The average molecular weight is 355 g/mol. The molecule has 0 saturated carbocycles. The largest absolute Gasteiger partial charge is 0.352 e. The summed E-state index contributed by atoms with van der Waals surface area (Å²) in [5, 5.41) is 0. The molecule has 138 valence electrons. The summed E-state index contributed by atoms with van der Waals surface area (Å²) in [7, 11) is 2.14. The van der Waals surface area contributed by atoms with E-state index in [1.165, 1.54) is 4.90 Å². The quantitative estimate of drug-likeness (QED) is 0.573. The van der Waals surface area contributed by atoms with Crippen molar-refractivity contribution >= 4 is 24.0 Å². The van der Waals surface area contributed by atoms with Gasteiger partial charge in [0.1, 0.15) is 0 Å². The van der Waals surface area contributed by atoms with Crippen molar-refractivity contribution in [1.29, 1.82) is 0 Å². The Morgan fingerprint density at radius 3 is 2.46 bits per heavy atom. The van der Waals surface area contributed by atoms with E-state index in [1.807, 2.05) is 30.3 Å². The minimum atomic E-state index is -0.505. The predicted octanol–water partition coefficient (Wildman–Crippen LogP) is 1.49. The highest BCUT2D eigenvalue weighted by atomic mass is 16.2. The van der Waals surface area contributed by atoms with Crippen LogP contribution in [0.2, 0.25) is 0 Å². The van der Waals surface area contributed by atoms with Crippen LogP contribution in [0.25, 0.3) is 0 Å². The monoisotopic (exact) mass is 355 g/mol. The summed E-state index contributed by atoms with van der Waals surface area (Å²) in [6, 6.07) is 8.93. The molecular weight excluding hydrogens is 330 g/mol. The number of likely N-dealkylation sites (N-methyl/N-ethyl adjacent to an activating group) is 1. The van der Waals surface area contributed by atoms with Crippen LogP contribution in [0.5, 0.6) is 0 Å². The van der Waals surface area contributed by atoms with Gasteiger partial charge < -0.3 is 9.80 Å². The minimum absolute atomic E-state index is 0.0297. The maximum Gasteiger partial charge on any atom is 0.352 e. The Hall–Kier alpha value is -2.38. The first-order chi connectivity index (χ1) is 12.6. The number of piperazine rings is 1. The van der Waals surface area contributed by atoms with E-state index in [0.717, 1.165) is 51.1 Å². The maximum atomic E-state index is 12.3. The van der Waals surface area contributed by atoms with Gasteiger partial charge in [-0.05, 0) is 32.0 Å². The number of aliphatic imine (C=N–C) groups is 2. The van der Waals surface area contributed by atoms with Crippen molar-refractivity contribution in [3.8, 4) is 0 Å². The smallest absolute Gasteiger partial charge is 0.304 e. The van der Waals surface area contributed by atoms with Gasteiger partial charge in [-0.2, -0.15) is 4.99 Å². The zero-order chi connectivity index (χ0) is 18.4. The standard InChI is InChI=1S/C19H25N5O2/c1-22-11-13-23(14-12-22)9-5-6-10-24-18(25)17(21-19(24)26)20-15-16-7-3-2-4-8-16/h2-4,7-8,15H,5-6,9-14H2,1H3. The Kier molecular flexibility index (Phi) is 6.25. The molecule has 0 spiro atoms. The van der Waals surface area contributed by atoms with Crippen LogP contribution >= 0.6 is 0 Å². The molecule has 0 bridgehead atoms. The summed E-state index contributed by atoms with van der Waals surface area (Å²) in [6.45, 7) is 5.77. The fraction of sp³-hybridized carbons (Fsp3) is 0.474. The normalized spacial score (nSPS) is 19.6. The Balaban J connectivity index is 1.43. The molecule has 0 aliphatic carbocycles. The molecule has 2 aliphatic rings. The van der Waals surface area contributed by atoms with Gasteiger partial charge in [0, 0.05) is 38.9 Å². The second-order valence-electron chi connectivity index (χ2n) is 6.70. The first kappa shape index (κ1) is 18.4. The van der Waals surface area contributed by atoms with Gasteiger partial charge in [0.2, 0.25) is 5.84 Å². The van der Waals surface area contributed by atoms with Crippen LogP contribution in [0.3, 0.4) is 0 Å². The number of hydrogen-bond donors (Lipinski definition) is 0. The third-order valence-corrected chi connectivity index (χ3v) is 4.71. The van der Waals surface area contributed by atoms with Gasteiger partial charge in [-0.1, -0.05) is 30.3 Å². The van der Waals surface area contributed by atoms with Crippen LogP contribution in [-0.2, 0) is 4.79 Å².